The van der Waals surface area contributed by atoms with Crippen LogP contribution in [0.15, 0.2) is 65.7 Å². The molecule has 0 aliphatic carbocycles. The summed E-state index contributed by atoms with van der Waals surface area (Å²) in [6.07, 6.45) is 1.01. The van der Waals surface area contributed by atoms with Gasteiger partial charge in [-0.1, -0.05) is 48.5 Å². The minimum Gasteiger partial charge on any atom is -0.369 e. The first kappa shape index (κ1) is 13.8. The molecule has 1 aliphatic rings. The third-order valence-corrected chi connectivity index (χ3v) is 4.52. The fourth-order valence-corrected chi connectivity index (χ4v) is 3.31. The molecule has 0 fully saturated rings. The van der Waals surface area contributed by atoms with E-state index in [9.17, 15) is 0 Å². The van der Waals surface area contributed by atoms with Crippen LogP contribution in [0.4, 0.5) is 11.4 Å². The van der Waals surface area contributed by atoms with Crippen LogP contribution < -0.4 is 10.6 Å². The van der Waals surface area contributed by atoms with Crippen molar-refractivity contribution in [1.82, 2.24) is 0 Å². The molecule has 3 aromatic carbocycles. The normalized spacial score (nSPS) is 14.3. The van der Waals surface area contributed by atoms with E-state index in [1.54, 1.807) is 0 Å². The fourth-order valence-electron chi connectivity index (χ4n) is 3.31. The largest absolute Gasteiger partial charge is 0.369 e. The number of nitrogens with two attached hydrogens (primary N) is 1. The second-order valence-electron chi connectivity index (χ2n) is 5.95. The Labute approximate surface area is 136 Å². The molecule has 0 aromatic heterocycles. The van der Waals surface area contributed by atoms with Gasteiger partial charge in [0.25, 0.3) is 0 Å². The van der Waals surface area contributed by atoms with E-state index < -0.39 is 0 Å². The molecular formula is C20H19N3. The van der Waals surface area contributed by atoms with Gasteiger partial charge >= 0.3 is 0 Å². The predicted molar refractivity (Wildman–Crippen MR) is 97.5 cm³/mol. The van der Waals surface area contributed by atoms with Crippen molar-refractivity contribution in [2.24, 2.45) is 10.7 Å². The van der Waals surface area contributed by atoms with Crippen LogP contribution >= 0.6 is 0 Å². The van der Waals surface area contributed by atoms with Crippen LogP contribution in [-0.2, 0) is 6.42 Å². The Morgan fingerprint density at radius 1 is 0.957 bits per heavy atom. The van der Waals surface area contributed by atoms with Gasteiger partial charge in [-0.3, -0.25) is 0 Å². The average Bonchev–Trinajstić information content (AvgIpc) is 3.00. The van der Waals surface area contributed by atoms with Gasteiger partial charge in [0.15, 0.2) is 0 Å². The number of para-hydroxylation sites is 1. The van der Waals surface area contributed by atoms with Gasteiger partial charge in [-0.25, -0.2) is 4.99 Å². The molecule has 3 heteroatoms. The van der Waals surface area contributed by atoms with Gasteiger partial charge in [0.1, 0.15) is 0 Å². The molecular weight excluding hydrogens is 282 g/mol. The molecule has 2 N–H and O–H groups in total. The van der Waals surface area contributed by atoms with Gasteiger partial charge in [-0.05, 0) is 42.0 Å². The van der Waals surface area contributed by atoms with Crippen molar-refractivity contribution in [2.45, 2.75) is 13.3 Å². The lowest BCUT2D eigenvalue weighted by molar-refractivity contribution is 1.01. The average molecular weight is 301 g/mol. The topological polar surface area (TPSA) is 41.6 Å². The number of aliphatic imine (C=N–C) groups is 1. The van der Waals surface area contributed by atoms with Gasteiger partial charge in [0.2, 0.25) is 5.96 Å². The van der Waals surface area contributed by atoms with Crippen molar-refractivity contribution in [2.75, 3.05) is 11.4 Å². The van der Waals surface area contributed by atoms with Crippen molar-refractivity contribution in [3.05, 3.63) is 71.8 Å². The van der Waals surface area contributed by atoms with E-state index in [1.807, 2.05) is 18.2 Å². The number of hydrogen-bond acceptors (Lipinski definition) is 1. The fraction of sp³-hybridized carbons (Fsp3) is 0.150. The highest BCUT2D eigenvalue weighted by molar-refractivity contribution is 6.02. The van der Waals surface area contributed by atoms with Crippen LogP contribution in [0, 0.1) is 6.92 Å². The van der Waals surface area contributed by atoms with Gasteiger partial charge in [0.05, 0.1) is 5.69 Å². The molecule has 0 amide bonds. The summed E-state index contributed by atoms with van der Waals surface area (Å²) in [6.45, 7) is 3.01. The molecule has 0 unspecified atom stereocenters. The zero-order valence-electron chi connectivity index (χ0n) is 13.2. The number of aryl methyl sites for hydroxylation is 1. The number of rotatable bonds is 1. The Bertz CT molecular complexity index is 912. The van der Waals surface area contributed by atoms with Gasteiger partial charge in [-0.15, -0.1) is 0 Å². The van der Waals surface area contributed by atoms with Crippen LogP contribution in [0.1, 0.15) is 11.1 Å². The van der Waals surface area contributed by atoms with E-state index in [4.69, 9.17) is 10.7 Å². The zero-order chi connectivity index (χ0) is 15.8. The monoisotopic (exact) mass is 301 g/mol. The Morgan fingerprint density at radius 3 is 2.65 bits per heavy atom. The Hall–Kier alpha value is -2.81. The molecule has 0 atom stereocenters. The molecule has 0 radical (unpaired) electrons. The van der Waals surface area contributed by atoms with Crippen molar-refractivity contribution >= 4 is 28.1 Å². The summed E-state index contributed by atoms with van der Waals surface area (Å²) in [5.74, 6) is 0.559. The lowest BCUT2D eigenvalue weighted by atomic mass is 10.0. The highest BCUT2D eigenvalue weighted by Crippen LogP contribution is 2.30. The van der Waals surface area contributed by atoms with Gasteiger partial charge in [-0.2, -0.15) is 0 Å². The first-order valence-corrected chi connectivity index (χ1v) is 7.92. The highest BCUT2D eigenvalue weighted by atomic mass is 15.3. The maximum Gasteiger partial charge on any atom is 0.201 e. The van der Waals surface area contributed by atoms with Crippen molar-refractivity contribution in [3.63, 3.8) is 0 Å². The van der Waals surface area contributed by atoms with E-state index >= 15 is 0 Å². The zero-order valence-corrected chi connectivity index (χ0v) is 13.2. The summed E-state index contributed by atoms with van der Waals surface area (Å²) in [4.78, 5) is 6.83. The van der Waals surface area contributed by atoms with Crippen LogP contribution in [0.3, 0.4) is 0 Å². The van der Waals surface area contributed by atoms with E-state index in [2.05, 4.69) is 54.3 Å². The van der Waals surface area contributed by atoms with Gasteiger partial charge < -0.3 is 10.6 Å². The summed E-state index contributed by atoms with van der Waals surface area (Å²) >= 11 is 0. The van der Waals surface area contributed by atoms with Crippen molar-refractivity contribution in [3.8, 4) is 0 Å². The summed E-state index contributed by atoms with van der Waals surface area (Å²) in [7, 11) is 0. The minimum atomic E-state index is 0.559. The van der Waals surface area contributed by atoms with E-state index in [0.717, 1.165) is 24.0 Å². The maximum absolute atomic E-state index is 6.33. The maximum atomic E-state index is 6.33. The lowest BCUT2D eigenvalue weighted by Gasteiger charge is -2.18. The Morgan fingerprint density at radius 2 is 1.74 bits per heavy atom. The molecule has 4 rings (SSSR count). The second-order valence-corrected chi connectivity index (χ2v) is 5.95. The molecule has 3 aromatic rings. The van der Waals surface area contributed by atoms with Crippen LogP contribution in [0.25, 0.3) is 10.8 Å². The molecule has 0 spiro atoms. The summed E-state index contributed by atoms with van der Waals surface area (Å²) in [5.41, 5.74) is 11.0. The quantitative estimate of drug-likeness (QED) is 0.542. The first-order chi connectivity index (χ1) is 11.2. The highest BCUT2D eigenvalue weighted by Gasteiger charge is 2.21. The van der Waals surface area contributed by atoms with Crippen LogP contribution in [-0.4, -0.2) is 12.5 Å². The smallest absolute Gasteiger partial charge is 0.201 e. The number of anilines is 1. The summed E-state index contributed by atoms with van der Waals surface area (Å²) < 4.78 is 0. The number of guanidine groups is 1. The number of nitrogens with zero attached hydrogens (tertiary/aromatic N) is 2. The molecule has 3 nitrogen and oxygen atoms in total. The minimum absolute atomic E-state index is 0.559. The molecule has 23 heavy (non-hydrogen) atoms. The lowest BCUT2D eigenvalue weighted by Crippen LogP contribution is -2.35. The van der Waals surface area contributed by atoms with E-state index in [-0.39, 0.29) is 0 Å². The first-order valence-electron chi connectivity index (χ1n) is 7.92. The Balaban J connectivity index is 1.78. The molecule has 1 aliphatic heterocycles. The van der Waals surface area contributed by atoms with Crippen molar-refractivity contribution in [1.29, 1.82) is 0 Å². The Kier molecular flexibility index (Phi) is 3.27. The van der Waals surface area contributed by atoms with Crippen LogP contribution in [0.2, 0.25) is 0 Å². The molecule has 114 valence electrons. The van der Waals surface area contributed by atoms with Crippen LogP contribution in [0.5, 0.6) is 0 Å². The third-order valence-electron chi connectivity index (χ3n) is 4.52. The third kappa shape index (κ3) is 2.34. The molecule has 0 saturated heterocycles. The van der Waals surface area contributed by atoms with E-state index in [0.29, 0.717) is 5.96 Å². The molecule has 0 saturated carbocycles. The molecule has 1 heterocycles. The summed E-state index contributed by atoms with van der Waals surface area (Å²) in [5, 5.41) is 2.37. The number of benzene rings is 3. The van der Waals surface area contributed by atoms with Crippen molar-refractivity contribution < 1.29 is 0 Å². The SMILES string of the molecule is Cc1cccc2c(N=C(N)N3CCc4ccccc43)cccc12. The molecule has 0 bridgehead atoms. The predicted octanol–water partition coefficient (Wildman–Crippen LogP) is 4.16. The van der Waals surface area contributed by atoms with E-state index in [1.165, 1.54) is 22.2 Å². The number of fused-ring (bicyclic) bond motifs is 2. The standard InChI is InChI=1S/C20H19N3/c1-14-6-4-9-17-16(14)8-5-10-18(17)22-20(21)23-13-12-15-7-2-3-11-19(15)23/h2-11H,12-13H2,1H3,(H2,21,22). The number of hydrogen-bond donors (Lipinski definition) is 1. The summed E-state index contributed by atoms with van der Waals surface area (Å²) in [6, 6.07) is 20.9. The van der Waals surface area contributed by atoms with Gasteiger partial charge in [0, 0.05) is 17.6 Å². The second kappa shape index (κ2) is 5.43.